The van der Waals surface area contributed by atoms with Gasteiger partial charge in [0.25, 0.3) is 0 Å². The van der Waals surface area contributed by atoms with Crippen LogP contribution >= 0.6 is 0 Å². The smallest absolute Gasteiger partial charge is 0.219 e. The van der Waals surface area contributed by atoms with Gasteiger partial charge in [0.05, 0.1) is 0 Å². The van der Waals surface area contributed by atoms with Crippen LogP contribution in [0.3, 0.4) is 0 Å². The Kier molecular flexibility index (Phi) is 18.3. The van der Waals surface area contributed by atoms with Crippen LogP contribution in [0.25, 0.3) is 0 Å². The molecule has 28 heavy (non-hydrogen) atoms. The molecule has 0 radical (unpaired) electrons. The fraction of sp³-hybridized carbons (Fsp3) is 0.905. The van der Waals surface area contributed by atoms with Crippen molar-refractivity contribution in [3.05, 3.63) is 0 Å². The number of hydrogen-bond donors (Lipinski definition) is 2. The predicted octanol–water partition coefficient (Wildman–Crippen LogP) is 2.34. The van der Waals surface area contributed by atoms with Crippen LogP contribution in [0, 0.1) is 0 Å². The quantitative estimate of drug-likeness (QED) is 0.325. The van der Waals surface area contributed by atoms with Gasteiger partial charge in [-0.05, 0) is 39.5 Å². The lowest BCUT2D eigenvalue weighted by atomic mass is 10.2. The standard InChI is InChI=1S/C21H43N3O4/c1-5-20(25)22-11-7-15-27-17-9-13-24(19(3)4)14-10-18-28-16-8-12-23-21(26)6-2/h19H,5-18H2,1-4H3,(H,22,25)(H,23,26). The molecule has 0 spiro atoms. The van der Waals surface area contributed by atoms with E-state index in [4.69, 9.17) is 9.47 Å². The Morgan fingerprint density at radius 1 is 0.750 bits per heavy atom. The number of rotatable bonds is 19. The van der Waals surface area contributed by atoms with Crippen LogP contribution in [0.5, 0.6) is 0 Å². The van der Waals surface area contributed by atoms with E-state index < -0.39 is 0 Å². The third-order valence-electron chi connectivity index (χ3n) is 4.42. The molecular weight excluding hydrogens is 358 g/mol. The van der Waals surface area contributed by atoms with Crippen LogP contribution in [0.1, 0.15) is 66.2 Å². The minimum absolute atomic E-state index is 0.0971. The lowest BCUT2D eigenvalue weighted by Crippen LogP contribution is -2.34. The molecule has 2 N–H and O–H groups in total. The normalized spacial score (nSPS) is 11.2. The molecule has 0 aromatic heterocycles. The largest absolute Gasteiger partial charge is 0.381 e. The summed E-state index contributed by atoms with van der Waals surface area (Å²) >= 11 is 0. The Morgan fingerprint density at radius 3 is 1.50 bits per heavy atom. The molecule has 0 atom stereocenters. The maximum Gasteiger partial charge on any atom is 0.219 e. The van der Waals surface area contributed by atoms with E-state index in [1.54, 1.807) is 0 Å². The molecule has 0 aromatic carbocycles. The molecule has 166 valence electrons. The second kappa shape index (κ2) is 19.2. The van der Waals surface area contributed by atoms with Crippen molar-refractivity contribution in [2.45, 2.75) is 72.3 Å². The Labute approximate surface area is 171 Å². The van der Waals surface area contributed by atoms with E-state index in [0.29, 0.717) is 45.2 Å². The molecule has 7 nitrogen and oxygen atoms in total. The zero-order valence-corrected chi connectivity index (χ0v) is 18.6. The first-order valence-corrected chi connectivity index (χ1v) is 10.9. The monoisotopic (exact) mass is 401 g/mol. The summed E-state index contributed by atoms with van der Waals surface area (Å²) in [4.78, 5) is 24.7. The van der Waals surface area contributed by atoms with Gasteiger partial charge < -0.3 is 25.0 Å². The van der Waals surface area contributed by atoms with Crippen molar-refractivity contribution in [2.24, 2.45) is 0 Å². The summed E-state index contributed by atoms with van der Waals surface area (Å²) < 4.78 is 11.3. The van der Waals surface area contributed by atoms with Gasteiger partial charge in [0.1, 0.15) is 0 Å². The first kappa shape index (κ1) is 26.8. The van der Waals surface area contributed by atoms with Crippen LogP contribution in [0.2, 0.25) is 0 Å². The Hall–Kier alpha value is -1.18. The molecule has 0 aliphatic rings. The van der Waals surface area contributed by atoms with Crippen molar-refractivity contribution in [2.75, 3.05) is 52.6 Å². The van der Waals surface area contributed by atoms with Gasteiger partial charge in [0.2, 0.25) is 11.8 Å². The zero-order valence-electron chi connectivity index (χ0n) is 18.6. The molecule has 0 aliphatic carbocycles. The van der Waals surface area contributed by atoms with Gasteiger partial charge in [0.15, 0.2) is 0 Å². The number of carbonyl (C=O) groups excluding carboxylic acids is 2. The van der Waals surface area contributed by atoms with Crippen molar-refractivity contribution in [1.29, 1.82) is 0 Å². The van der Waals surface area contributed by atoms with Crippen molar-refractivity contribution in [3.8, 4) is 0 Å². The summed E-state index contributed by atoms with van der Waals surface area (Å²) in [6.45, 7) is 14.5. The van der Waals surface area contributed by atoms with Gasteiger partial charge in [0, 0.05) is 71.5 Å². The molecule has 0 aliphatic heterocycles. The van der Waals surface area contributed by atoms with Crippen LogP contribution in [-0.2, 0) is 19.1 Å². The second-order valence-electron chi connectivity index (χ2n) is 7.18. The molecule has 2 amide bonds. The molecule has 0 unspecified atom stereocenters. The van der Waals surface area contributed by atoms with E-state index in [9.17, 15) is 9.59 Å². The molecule has 7 heteroatoms. The van der Waals surface area contributed by atoms with Gasteiger partial charge in [-0.15, -0.1) is 0 Å². The van der Waals surface area contributed by atoms with E-state index in [-0.39, 0.29) is 11.8 Å². The summed E-state index contributed by atoms with van der Waals surface area (Å²) in [6, 6.07) is 0.508. The molecular formula is C21H43N3O4. The van der Waals surface area contributed by atoms with Crippen LogP contribution in [0.4, 0.5) is 0 Å². The Morgan fingerprint density at radius 2 is 1.14 bits per heavy atom. The molecule has 0 bridgehead atoms. The van der Waals surface area contributed by atoms with Crippen LogP contribution in [-0.4, -0.2) is 75.4 Å². The fourth-order valence-corrected chi connectivity index (χ4v) is 2.63. The van der Waals surface area contributed by atoms with E-state index >= 15 is 0 Å². The first-order chi connectivity index (χ1) is 13.5. The highest BCUT2D eigenvalue weighted by Gasteiger charge is 2.08. The van der Waals surface area contributed by atoms with Gasteiger partial charge in [-0.1, -0.05) is 13.8 Å². The molecule has 0 heterocycles. The molecule has 0 fully saturated rings. The minimum Gasteiger partial charge on any atom is -0.381 e. The summed E-state index contributed by atoms with van der Waals surface area (Å²) in [5, 5.41) is 5.70. The van der Waals surface area contributed by atoms with Gasteiger partial charge in [-0.2, -0.15) is 0 Å². The summed E-state index contributed by atoms with van der Waals surface area (Å²) in [5.74, 6) is 0.194. The highest BCUT2D eigenvalue weighted by molar-refractivity contribution is 5.75. The Bertz CT molecular complexity index is 360. The van der Waals surface area contributed by atoms with Crippen molar-refractivity contribution in [1.82, 2.24) is 15.5 Å². The maximum atomic E-state index is 11.1. The van der Waals surface area contributed by atoms with E-state index in [0.717, 1.165) is 52.0 Å². The highest BCUT2D eigenvalue weighted by Crippen LogP contribution is 2.02. The van der Waals surface area contributed by atoms with Gasteiger partial charge >= 0.3 is 0 Å². The SMILES string of the molecule is CCC(=O)NCCCOCCCN(CCCOCCCNC(=O)CC)C(C)C. The van der Waals surface area contributed by atoms with E-state index in [2.05, 4.69) is 29.4 Å². The van der Waals surface area contributed by atoms with Crippen molar-refractivity contribution < 1.29 is 19.1 Å². The van der Waals surface area contributed by atoms with Gasteiger partial charge in [-0.3, -0.25) is 9.59 Å². The molecule has 0 saturated carbocycles. The third-order valence-corrected chi connectivity index (χ3v) is 4.42. The number of nitrogens with one attached hydrogen (secondary N) is 2. The Balaban J connectivity index is 3.55. The van der Waals surface area contributed by atoms with Crippen LogP contribution in [0.15, 0.2) is 0 Å². The number of amides is 2. The molecule has 0 rings (SSSR count). The van der Waals surface area contributed by atoms with E-state index in [1.165, 1.54) is 0 Å². The zero-order chi connectivity index (χ0) is 21.0. The number of nitrogens with zero attached hydrogens (tertiary/aromatic N) is 1. The summed E-state index contributed by atoms with van der Waals surface area (Å²) in [6.07, 6.45) is 4.81. The summed E-state index contributed by atoms with van der Waals surface area (Å²) in [7, 11) is 0. The predicted molar refractivity (Wildman–Crippen MR) is 113 cm³/mol. The number of ether oxygens (including phenoxy) is 2. The lowest BCUT2D eigenvalue weighted by molar-refractivity contribution is -0.121. The highest BCUT2D eigenvalue weighted by atomic mass is 16.5. The average Bonchev–Trinajstić information content (AvgIpc) is 2.69. The molecule has 0 saturated heterocycles. The van der Waals surface area contributed by atoms with Crippen molar-refractivity contribution >= 4 is 11.8 Å². The number of carbonyl (C=O) groups is 2. The lowest BCUT2D eigenvalue weighted by Gasteiger charge is -2.26. The maximum absolute atomic E-state index is 11.1. The van der Waals surface area contributed by atoms with Gasteiger partial charge in [-0.25, -0.2) is 0 Å². The topological polar surface area (TPSA) is 79.9 Å². The molecule has 0 aromatic rings. The number of hydrogen-bond acceptors (Lipinski definition) is 5. The van der Waals surface area contributed by atoms with Crippen LogP contribution < -0.4 is 10.6 Å². The first-order valence-electron chi connectivity index (χ1n) is 10.9. The average molecular weight is 402 g/mol. The minimum atomic E-state index is 0.0971. The third kappa shape index (κ3) is 17.0. The van der Waals surface area contributed by atoms with E-state index in [1.807, 2.05) is 13.8 Å². The fourth-order valence-electron chi connectivity index (χ4n) is 2.63. The second-order valence-corrected chi connectivity index (χ2v) is 7.18. The summed E-state index contributed by atoms with van der Waals surface area (Å²) in [5.41, 5.74) is 0. The van der Waals surface area contributed by atoms with Crippen molar-refractivity contribution in [3.63, 3.8) is 0 Å².